The van der Waals surface area contributed by atoms with Crippen LogP contribution < -0.4 is 5.32 Å². The average Bonchev–Trinajstić information content (AvgIpc) is 2.32. The van der Waals surface area contributed by atoms with Gasteiger partial charge in [-0.1, -0.05) is 50.9 Å². The van der Waals surface area contributed by atoms with Crippen molar-refractivity contribution in [2.24, 2.45) is 5.92 Å². The lowest BCUT2D eigenvalue weighted by atomic mass is 9.91. The van der Waals surface area contributed by atoms with Crippen molar-refractivity contribution in [1.29, 1.82) is 0 Å². The lowest BCUT2D eigenvalue weighted by molar-refractivity contribution is 0.358. The van der Waals surface area contributed by atoms with Gasteiger partial charge in [0.1, 0.15) is 0 Å². The number of hydrogen-bond acceptors (Lipinski definition) is 1. The third-order valence-corrected chi connectivity index (χ3v) is 3.90. The zero-order valence-corrected chi connectivity index (χ0v) is 12.8. The molecule has 0 aromatic heterocycles. The molecule has 1 rings (SSSR count). The van der Waals surface area contributed by atoms with Crippen molar-refractivity contribution in [1.82, 2.24) is 5.32 Å². The normalized spacial score (nSPS) is 14.5. The molecule has 0 amide bonds. The highest BCUT2D eigenvalue weighted by molar-refractivity contribution is 6.31. The van der Waals surface area contributed by atoms with E-state index in [4.69, 9.17) is 11.6 Å². The molecule has 0 bridgehead atoms. The maximum absolute atomic E-state index is 6.33. The van der Waals surface area contributed by atoms with E-state index in [9.17, 15) is 0 Å². The summed E-state index contributed by atoms with van der Waals surface area (Å²) in [6.45, 7) is 9.85. The highest BCUT2D eigenvalue weighted by Gasteiger charge is 2.17. The maximum Gasteiger partial charge on any atom is 0.0441 e. The van der Waals surface area contributed by atoms with Crippen LogP contribution >= 0.6 is 11.6 Å². The molecule has 0 heterocycles. The largest absolute Gasteiger partial charge is 0.314 e. The lowest BCUT2D eigenvalue weighted by Gasteiger charge is -2.25. The standard InChI is InChI=1S/C16H26ClN/c1-5-7-13(4)16(18-6-2)11-14-9-8-12(3)10-15(14)17/h8-10,13,16,18H,5-7,11H2,1-4H3. The highest BCUT2D eigenvalue weighted by atomic mass is 35.5. The fourth-order valence-electron chi connectivity index (χ4n) is 2.45. The first kappa shape index (κ1) is 15.5. The van der Waals surface area contributed by atoms with E-state index in [1.807, 2.05) is 0 Å². The van der Waals surface area contributed by atoms with Crippen LogP contribution in [0.4, 0.5) is 0 Å². The minimum Gasteiger partial charge on any atom is -0.314 e. The second kappa shape index (κ2) is 7.81. The molecule has 0 aliphatic rings. The molecule has 0 aliphatic heterocycles. The Morgan fingerprint density at radius 2 is 2.00 bits per heavy atom. The van der Waals surface area contributed by atoms with E-state index < -0.39 is 0 Å². The summed E-state index contributed by atoms with van der Waals surface area (Å²) in [5.74, 6) is 0.687. The Morgan fingerprint density at radius 1 is 1.28 bits per heavy atom. The summed E-state index contributed by atoms with van der Waals surface area (Å²) < 4.78 is 0. The third kappa shape index (κ3) is 4.62. The predicted molar refractivity (Wildman–Crippen MR) is 81.4 cm³/mol. The molecule has 102 valence electrons. The summed E-state index contributed by atoms with van der Waals surface area (Å²) in [5, 5.41) is 4.50. The van der Waals surface area contributed by atoms with Crippen molar-refractivity contribution < 1.29 is 0 Å². The van der Waals surface area contributed by atoms with Gasteiger partial charge in [0.15, 0.2) is 0 Å². The first-order valence-electron chi connectivity index (χ1n) is 7.06. The zero-order valence-electron chi connectivity index (χ0n) is 12.1. The molecule has 0 saturated heterocycles. The van der Waals surface area contributed by atoms with E-state index in [0.29, 0.717) is 12.0 Å². The molecule has 1 N–H and O–H groups in total. The van der Waals surface area contributed by atoms with Crippen molar-refractivity contribution in [3.63, 3.8) is 0 Å². The number of rotatable bonds is 7. The SMILES string of the molecule is CCCC(C)C(Cc1ccc(C)cc1Cl)NCC. The molecule has 1 aromatic rings. The summed E-state index contributed by atoms with van der Waals surface area (Å²) in [5.41, 5.74) is 2.49. The Hall–Kier alpha value is -0.530. The van der Waals surface area contributed by atoms with Gasteiger partial charge in [-0.2, -0.15) is 0 Å². The second-order valence-electron chi connectivity index (χ2n) is 5.23. The Morgan fingerprint density at radius 3 is 2.56 bits per heavy atom. The monoisotopic (exact) mass is 267 g/mol. The van der Waals surface area contributed by atoms with E-state index in [2.05, 4.69) is 51.2 Å². The van der Waals surface area contributed by atoms with Gasteiger partial charge in [0.25, 0.3) is 0 Å². The Kier molecular flexibility index (Phi) is 6.73. The average molecular weight is 268 g/mol. The first-order chi connectivity index (χ1) is 8.58. The Balaban J connectivity index is 2.75. The van der Waals surface area contributed by atoms with Crippen LogP contribution in [0, 0.1) is 12.8 Å². The Labute approximate surface area is 117 Å². The number of aryl methyl sites for hydroxylation is 1. The van der Waals surface area contributed by atoms with Gasteiger partial charge in [0.2, 0.25) is 0 Å². The van der Waals surface area contributed by atoms with Gasteiger partial charge in [-0.15, -0.1) is 0 Å². The molecule has 2 heteroatoms. The van der Waals surface area contributed by atoms with E-state index >= 15 is 0 Å². The minimum absolute atomic E-state index is 0.523. The van der Waals surface area contributed by atoms with Gasteiger partial charge in [0, 0.05) is 11.1 Å². The van der Waals surface area contributed by atoms with Crippen molar-refractivity contribution in [2.75, 3.05) is 6.54 Å². The second-order valence-corrected chi connectivity index (χ2v) is 5.64. The van der Waals surface area contributed by atoms with Crippen LogP contribution in [0.15, 0.2) is 18.2 Å². The highest BCUT2D eigenvalue weighted by Crippen LogP contribution is 2.22. The first-order valence-corrected chi connectivity index (χ1v) is 7.44. The van der Waals surface area contributed by atoms with Crippen molar-refractivity contribution in [2.45, 2.75) is 53.0 Å². The molecule has 0 spiro atoms. The molecule has 0 aliphatic carbocycles. The number of nitrogens with one attached hydrogen (secondary N) is 1. The van der Waals surface area contributed by atoms with Crippen LogP contribution in [-0.2, 0) is 6.42 Å². The molecule has 0 radical (unpaired) electrons. The molecule has 1 nitrogen and oxygen atoms in total. The Bertz CT molecular complexity index is 362. The summed E-state index contributed by atoms with van der Waals surface area (Å²) in [6, 6.07) is 6.90. The fourth-order valence-corrected chi connectivity index (χ4v) is 2.76. The summed E-state index contributed by atoms with van der Waals surface area (Å²) in [7, 11) is 0. The van der Waals surface area contributed by atoms with Crippen LogP contribution in [0.25, 0.3) is 0 Å². The minimum atomic E-state index is 0.523. The van der Waals surface area contributed by atoms with Gasteiger partial charge in [0.05, 0.1) is 0 Å². The van der Waals surface area contributed by atoms with Gasteiger partial charge in [-0.3, -0.25) is 0 Å². The molecule has 1 aromatic carbocycles. The topological polar surface area (TPSA) is 12.0 Å². The van der Waals surface area contributed by atoms with Crippen LogP contribution in [0.1, 0.15) is 44.7 Å². The van der Waals surface area contributed by atoms with Gasteiger partial charge in [-0.25, -0.2) is 0 Å². The number of benzene rings is 1. The number of hydrogen-bond donors (Lipinski definition) is 1. The smallest absolute Gasteiger partial charge is 0.0441 e. The van der Waals surface area contributed by atoms with Gasteiger partial charge in [-0.05, 0) is 49.4 Å². The molecule has 2 unspecified atom stereocenters. The van der Waals surface area contributed by atoms with Crippen molar-refractivity contribution in [3.05, 3.63) is 34.3 Å². The molecular weight excluding hydrogens is 242 g/mol. The van der Waals surface area contributed by atoms with E-state index in [0.717, 1.165) is 18.0 Å². The van der Waals surface area contributed by atoms with Crippen molar-refractivity contribution in [3.8, 4) is 0 Å². The molecule has 2 atom stereocenters. The fraction of sp³-hybridized carbons (Fsp3) is 0.625. The summed E-state index contributed by atoms with van der Waals surface area (Å²) in [6.07, 6.45) is 3.53. The van der Waals surface area contributed by atoms with Crippen LogP contribution in [0.2, 0.25) is 5.02 Å². The van der Waals surface area contributed by atoms with E-state index in [1.165, 1.54) is 24.0 Å². The lowest BCUT2D eigenvalue weighted by Crippen LogP contribution is -2.36. The van der Waals surface area contributed by atoms with Crippen molar-refractivity contribution >= 4 is 11.6 Å². The van der Waals surface area contributed by atoms with E-state index in [-0.39, 0.29) is 0 Å². The quantitative estimate of drug-likeness (QED) is 0.761. The number of halogens is 1. The summed E-state index contributed by atoms with van der Waals surface area (Å²) in [4.78, 5) is 0. The molecule has 0 saturated carbocycles. The molecule has 0 fully saturated rings. The third-order valence-electron chi connectivity index (χ3n) is 3.55. The van der Waals surface area contributed by atoms with Gasteiger partial charge < -0.3 is 5.32 Å². The maximum atomic E-state index is 6.33. The number of likely N-dealkylation sites (N-methyl/N-ethyl adjacent to an activating group) is 1. The molecule has 18 heavy (non-hydrogen) atoms. The van der Waals surface area contributed by atoms with Crippen LogP contribution in [-0.4, -0.2) is 12.6 Å². The molecular formula is C16H26ClN. The zero-order chi connectivity index (χ0) is 13.5. The summed E-state index contributed by atoms with van der Waals surface area (Å²) >= 11 is 6.33. The van der Waals surface area contributed by atoms with E-state index in [1.54, 1.807) is 0 Å². The van der Waals surface area contributed by atoms with Gasteiger partial charge >= 0.3 is 0 Å². The van der Waals surface area contributed by atoms with Crippen LogP contribution in [0.5, 0.6) is 0 Å². The van der Waals surface area contributed by atoms with Crippen LogP contribution in [0.3, 0.4) is 0 Å². The predicted octanol–water partition coefficient (Wildman–Crippen LogP) is 4.61.